The highest BCUT2D eigenvalue weighted by molar-refractivity contribution is 7.85. The molecule has 0 aliphatic carbocycles. The molecular formula is C18H17BNOP. The van der Waals surface area contributed by atoms with Gasteiger partial charge in [-0.2, -0.15) is 0 Å². The molecule has 0 heterocycles. The molecule has 3 rings (SSSR count). The van der Waals surface area contributed by atoms with E-state index in [1.165, 1.54) is 0 Å². The third-order valence-corrected chi connectivity index (χ3v) is 6.84. The van der Waals surface area contributed by atoms with Gasteiger partial charge in [0.2, 0.25) is 7.98 Å². The van der Waals surface area contributed by atoms with Gasteiger partial charge >= 0.3 is 0 Å². The van der Waals surface area contributed by atoms with Crippen LogP contribution < -0.4 is 21.1 Å². The van der Waals surface area contributed by atoms with Crippen LogP contribution in [0, 0.1) is 0 Å². The summed E-state index contributed by atoms with van der Waals surface area (Å²) in [6, 6.07) is 27.3. The molecule has 0 atom stereocenters. The van der Waals surface area contributed by atoms with Crippen LogP contribution >= 0.6 is 7.14 Å². The summed E-state index contributed by atoms with van der Waals surface area (Å²) < 4.78 is 14.0. The van der Waals surface area contributed by atoms with E-state index in [1.54, 1.807) is 0 Å². The number of benzene rings is 3. The van der Waals surface area contributed by atoms with E-state index in [-0.39, 0.29) is 0 Å². The largest absolute Gasteiger partial charge is 0.434 e. The smallest absolute Gasteiger partial charge is 0.213 e. The Bertz CT molecular complexity index is 745. The summed E-state index contributed by atoms with van der Waals surface area (Å²) in [6.45, 7) is 0. The molecule has 0 fully saturated rings. The van der Waals surface area contributed by atoms with E-state index < -0.39 is 7.14 Å². The highest BCUT2D eigenvalue weighted by Gasteiger charge is 2.29. The molecule has 0 radical (unpaired) electrons. The van der Waals surface area contributed by atoms with Gasteiger partial charge in [0, 0.05) is 21.6 Å². The maximum Gasteiger partial charge on any atom is 0.213 e. The number of nitrogens with one attached hydrogen (secondary N) is 1. The van der Waals surface area contributed by atoms with Crippen molar-refractivity contribution >= 4 is 36.7 Å². The van der Waals surface area contributed by atoms with Crippen molar-refractivity contribution in [2.75, 3.05) is 5.23 Å². The molecule has 0 saturated carbocycles. The first-order chi connectivity index (χ1) is 10.7. The van der Waals surface area contributed by atoms with Crippen LogP contribution in [0.5, 0.6) is 0 Å². The van der Waals surface area contributed by atoms with E-state index in [4.69, 9.17) is 0 Å². The van der Waals surface area contributed by atoms with Crippen LogP contribution in [0.25, 0.3) is 0 Å². The van der Waals surface area contributed by atoms with Gasteiger partial charge in [0.05, 0.1) is 0 Å². The number of hydrogen-bond acceptors (Lipinski definition) is 2. The van der Waals surface area contributed by atoms with Crippen molar-refractivity contribution in [3.05, 3.63) is 84.9 Å². The van der Waals surface area contributed by atoms with Crippen molar-refractivity contribution in [1.29, 1.82) is 0 Å². The third kappa shape index (κ3) is 2.60. The Balaban J connectivity index is 2.21. The van der Waals surface area contributed by atoms with Gasteiger partial charge in [0.1, 0.15) is 0 Å². The van der Waals surface area contributed by atoms with Gasteiger partial charge in [-0.1, -0.05) is 60.7 Å². The lowest BCUT2D eigenvalue weighted by molar-refractivity contribution is 0.592. The highest BCUT2D eigenvalue weighted by Crippen LogP contribution is 2.42. The summed E-state index contributed by atoms with van der Waals surface area (Å²) in [5, 5.41) is 5.67. The Kier molecular flexibility index (Phi) is 4.17. The fraction of sp³-hybridized carbons (Fsp3) is 0. The number of anilines is 1. The van der Waals surface area contributed by atoms with Crippen molar-refractivity contribution in [2.45, 2.75) is 0 Å². The van der Waals surface area contributed by atoms with Crippen LogP contribution in [0.1, 0.15) is 0 Å². The molecule has 0 saturated heterocycles. The summed E-state index contributed by atoms with van der Waals surface area (Å²) in [4.78, 5) is 0. The number of hydrogen-bond donors (Lipinski definition) is 1. The summed E-state index contributed by atoms with van der Waals surface area (Å²) in [5.41, 5.74) is 1.01. The van der Waals surface area contributed by atoms with Gasteiger partial charge in [-0.15, -0.1) is 0 Å². The molecule has 0 aliphatic heterocycles. The second kappa shape index (κ2) is 6.25. The lowest BCUT2D eigenvalue weighted by Crippen LogP contribution is -2.24. The molecule has 3 aromatic carbocycles. The SMILES string of the molecule is BNc1ccc(P(=O)(c2ccccc2)c2ccccc2)cc1. The van der Waals surface area contributed by atoms with Crippen LogP contribution in [0.4, 0.5) is 5.69 Å². The van der Waals surface area contributed by atoms with Gasteiger partial charge in [0.15, 0.2) is 7.14 Å². The summed E-state index contributed by atoms with van der Waals surface area (Å²) >= 11 is 0. The second-order valence-corrected chi connectivity index (χ2v) is 7.84. The van der Waals surface area contributed by atoms with Crippen molar-refractivity contribution in [3.8, 4) is 0 Å². The molecule has 0 aliphatic rings. The van der Waals surface area contributed by atoms with Crippen LogP contribution in [-0.2, 0) is 4.57 Å². The minimum absolute atomic E-state index is 0.851. The molecule has 0 amide bonds. The summed E-state index contributed by atoms with van der Waals surface area (Å²) in [6.07, 6.45) is 0. The van der Waals surface area contributed by atoms with E-state index in [9.17, 15) is 4.57 Å². The number of rotatable bonds is 4. The van der Waals surface area contributed by atoms with Gasteiger partial charge in [0.25, 0.3) is 0 Å². The van der Waals surface area contributed by atoms with Gasteiger partial charge < -0.3 is 9.79 Å². The average Bonchev–Trinajstić information content (AvgIpc) is 2.62. The summed E-state index contributed by atoms with van der Waals surface area (Å²) in [7, 11) is -0.957. The van der Waals surface area contributed by atoms with Crippen molar-refractivity contribution < 1.29 is 4.57 Å². The molecule has 1 N–H and O–H groups in total. The van der Waals surface area contributed by atoms with Crippen LogP contribution in [0.2, 0.25) is 0 Å². The first-order valence-corrected chi connectivity index (χ1v) is 8.95. The highest BCUT2D eigenvalue weighted by atomic mass is 31.2. The Morgan fingerprint density at radius 1 is 0.636 bits per heavy atom. The molecule has 4 heteroatoms. The van der Waals surface area contributed by atoms with Crippen molar-refractivity contribution in [3.63, 3.8) is 0 Å². The lowest BCUT2D eigenvalue weighted by atomic mass is 10.3. The first-order valence-electron chi connectivity index (χ1n) is 7.25. The van der Waals surface area contributed by atoms with E-state index in [2.05, 4.69) is 5.23 Å². The quantitative estimate of drug-likeness (QED) is 0.592. The molecule has 0 spiro atoms. The van der Waals surface area contributed by atoms with Crippen LogP contribution in [0.15, 0.2) is 84.9 Å². The molecule has 108 valence electrons. The maximum absolute atomic E-state index is 14.0. The van der Waals surface area contributed by atoms with Gasteiger partial charge in [-0.25, -0.2) is 0 Å². The molecular weight excluding hydrogens is 288 g/mol. The standard InChI is InChI=1S/C18H17BNOP/c19-20-15-11-13-18(14-12-15)22(21,16-7-3-1-4-8-16)17-9-5-2-6-10-17/h1-14,20H,19H2. The van der Waals surface area contributed by atoms with E-state index in [0.717, 1.165) is 21.6 Å². The first kappa shape index (κ1) is 14.7. The monoisotopic (exact) mass is 305 g/mol. The predicted octanol–water partition coefficient (Wildman–Crippen LogP) is 2.29. The zero-order valence-corrected chi connectivity index (χ0v) is 13.3. The lowest BCUT2D eigenvalue weighted by Gasteiger charge is -2.20. The average molecular weight is 305 g/mol. The summed E-state index contributed by atoms with van der Waals surface area (Å²) in [5.74, 6) is 0. The zero-order chi connectivity index (χ0) is 15.4. The van der Waals surface area contributed by atoms with Crippen LogP contribution in [0.3, 0.4) is 0 Å². The van der Waals surface area contributed by atoms with Crippen molar-refractivity contribution in [2.24, 2.45) is 0 Å². The normalized spacial score (nSPS) is 11.1. The fourth-order valence-corrected chi connectivity index (χ4v) is 5.21. The molecule has 2 nitrogen and oxygen atoms in total. The Labute approximate surface area is 132 Å². The third-order valence-electron chi connectivity index (χ3n) is 3.76. The molecule has 0 unspecified atom stereocenters. The predicted molar refractivity (Wildman–Crippen MR) is 98.0 cm³/mol. The maximum atomic E-state index is 14.0. The van der Waals surface area contributed by atoms with Gasteiger partial charge in [-0.3, -0.25) is 0 Å². The second-order valence-electron chi connectivity index (χ2n) is 5.08. The Hall–Kier alpha value is -2.25. The van der Waals surface area contributed by atoms with Gasteiger partial charge in [-0.05, 0) is 24.3 Å². The Morgan fingerprint density at radius 3 is 1.45 bits per heavy atom. The minimum atomic E-state index is -2.83. The fourth-order valence-electron chi connectivity index (χ4n) is 2.56. The van der Waals surface area contributed by atoms with E-state index >= 15 is 0 Å². The molecule has 3 aromatic rings. The van der Waals surface area contributed by atoms with Crippen molar-refractivity contribution in [1.82, 2.24) is 0 Å². The zero-order valence-electron chi connectivity index (χ0n) is 12.4. The van der Waals surface area contributed by atoms with E-state index in [0.29, 0.717) is 0 Å². The Morgan fingerprint density at radius 2 is 1.05 bits per heavy atom. The molecule has 22 heavy (non-hydrogen) atoms. The topological polar surface area (TPSA) is 29.1 Å². The minimum Gasteiger partial charge on any atom is -0.434 e. The van der Waals surface area contributed by atoms with Crippen LogP contribution in [-0.4, -0.2) is 7.98 Å². The molecule has 0 aromatic heterocycles. The molecule has 0 bridgehead atoms. The van der Waals surface area contributed by atoms with E-state index in [1.807, 2.05) is 92.9 Å².